The third kappa shape index (κ3) is 2.61. The molecule has 2 aromatic carbocycles. The van der Waals surface area contributed by atoms with E-state index in [9.17, 15) is 14.4 Å². The summed E-state index contributed by atoms with van der Waals surface area (Å²) in [5.41, 5.74) is 3.03. The molecule has 2 aromatic rings. The molecule has 0 spiro atoms. The third-order valence-corrected chi connectivity index (χ3v) is 5.43. The lowest BCUT2D eigenvalue weighted by atomic mass is 9.91. The fourth-order valence-electron chi connectivity index (χ4n) is 3.97. The van der Waals surface area contributed by atoms with Gasteiger partial charge in [0.15, 0.2) is 0 Å². The number of anilines is 2. The summed E-state index contributed by atoms with van der Waals surface area (Å²) in [7, 11) is 4.02. The van der Waals surface area contributed by atoms with Gasteiger partial charge in [-0.25, -0.2) is 0 Å². The van der Waals surface area contributed by atoms with Crippen LogP contribution in [0, 0.1) is 0 Å². The van der Waals surface area contributed by atoms with E-state index in [1.54, 1.807) is 12.1 Å². The van der Waals surface area contributed by atoms with Crippen LogP contribution >= 0.6 is 0 Å². The standard InChI is InChI=1S/C20H21N3O4/c1-21-10-11-22(2)15-8-6-13-17-12(5-7-14(21)18(15)17)19(26)23(20(13)27)9-3-4-16(24)25/h5-8H,3-4,9-11H2,1-2H3,(H,24,25). The van der Waals surface area contributed by atoms with Crippen LogP contribution in [0.1, 0.15) is 33.6 Å². The number of benzene rings is 2. The van der Waals surface area contributed by atoms with E-state index in [4.69, 9.17) is 5.11 Å². The molecular weight excluding hydrogens is 346 g/mol. The summed E-state index contributed by atoms with van der Waals surface area (Å²) in [6.07, 6.45) is 0.166. The Morgan fingerprint density at radius 2 is 1.44 bits per heavy atom. The van der Waals surface area contributed by atoms with E-state index in [1.807, 2.05) is 26.2 Å². The van der Waals surface area contributed by atoms with Crippen LogP contribution in [0.5, 0.6) is 0 Å². The highest BCUT2D eigenvalue weighted by molar-refractivity contribution is 6.28. The summed E-state index contributed by atoms with van der Waals surface area (Å²) < 4.78 is 0. The zero-order chi connectivity index (χ0) is 19.3. The predicted molar refractivity (Wildman–Crippen MR) is 103 cm³/mol. The topological polar surface area (TPSA) is 81.2 Å². The molecule has 1 N–H and O–H groups in total. The van der Waals surface area contributed by atoms with Gasteiger partial charge < -0.3 is 14.9 Å². The summed E-state index contributed by atoms with van der Waals surface area (Å²) in [6.45, 7) is 1.80. The number of hydrogen-bond acceptors (Lipinski definition) is 5. The first-order chi connectivity index (χ1) is 12.9. The number of aliphatic carboxylic acids is 1. The number of carbonyl (C=O) groups is 3. The number of carbonyl (C=O) groups excluding carboxylic acids is 2. The molecule has 0 unspecified atom stereocenters. The maximum atomic E-state index is 13.0. The molecule has 0 fully saturated rings. The monoisotopic (exact) mass is 367 g/mol. The fourth-order valence-corrected chi connectivity index (χ4v) is 3.97. The highest BCUT2D eigenvalue weighted by atomic mass is 16.4. The number of nitrogens with zero attached hydrogens (tertiary/aromatic N) is 3. The van der Waals surface area contributed by atoms with Crippen molar-refractivity contribution in [1.82, 2.24) is 4.90 Å². The van der Waals surface area contributed by atoms with Crippen molar-refractivity contribution < 1.29 is 19.5 Å². The van der Waals surface area contributed by atoms with Crippen LogP contribution in [0.15, 0.2) is 24.3 Å². The van der Waals surface area contributed by atoms with Gasteiger partial charge in [0.05, 0.1) is 0 Å². The lowest BCUT2D eigenvalue weighted by molar-refractivity contribution is -0.137. The number of rotatable bonds is 4. The highest BCUT2D eigenvalue weighted by Crippen LogP contribution is 2.42. The molecule has 4 rings (SSSR count). The molecule has 2 aliphatic heterocycles. The van der Waals surface area contributed by atoms with Gasteiger partial charge in [-0.3, -0.25) is 19.3 Å². The number of imide groups is 1. The van der Waals surface area contributed by atoms with E-state index in [1.165, 1.54) is 4.90 Å². The maximum Gasteiger partial charge on any atom is 0.303 e. The summed E-state index contributed by atoms with van der Waals surface area (Å²) in [4.78, 5) is 42.2. The first-order valence-electron chi connectivity index (χ1n) is 9.00. The van der Waals surface area contributed by atoms with Gasteiger partial charge in [0.2, 0.25) is 0 Å². The second-order valence-corrected chi connectivity index (χ2v) is 7.12. The molecule has 140 valence electrons. The summed E-state index contributed by atoms with van der Waals surface area (Å²) in [5.74, 6) is -1.64. The van der Waals surface area contributed by atoms with E-state index >= 15 is 0 Å². The number of carboxylic acids is 1. The Morgan fingerprint density at radius 3 is 1.93 bits per heavy atom. The molecule has 0 atom stereocenters. The molecule has 0 saturated heterocycles. The van der Waals surface area contributed by atoms with E-state index in [0.29, 0.717) is 16.5 Å². The molecule has 7 nitrogen and oxygen atoms in total. The Morgan fingerprint density at radius 1 is 0.926 bits per heavy atom. The van der Waals surface area contributed by atoms with E-state index < -0.39 is 5.97 Å². The van der Waals surface area contributed by atoms with E-state index in [-0.39, 0.29) is 31.2 Å². The van der Waals surface area contributed by atoms with Gasteiger partial charge in [-0.05, 0) is 30.7 Å². The Bertz CT molecular complexity index is 920. The first kappa shape index (κ1) is 17.3. The SMILES string of the molecule is CN1CCN(C)c2ccc3c4c(ccc1c24)C(=O)N(CCCC(=O)O)C3=O. The number of carboxylic acid groups (broad SMARTS) is 1. The van der Waals surface area contributed by atoms with Crippen molar-refractivity contribution in [3.63, 3.8) is 0 Å². The summed E-state index contributed by atoms with van der Waals surface area (Å²) in [5, 5.41) is 10.5. The van der Waals surface area contributed by atoms with Crippen molar-refractivity contribution in [2.24, 2.45) is 0 Å². The van der Waals surface area contributed by atoms with Gasteiger partial charge in [-0.2, -0.15) is 0 Å². The maximum absolute atomic E-state index is 13.0. The lowest BCUT2D eigenvalue weighted by Gasteiger charge is -2.29. The van der Waals surface area contributed by atoms with Crippen molar-refractivity contribution in [3.05, 3.63) is 35.4 Å². The molecule has 27 heavy (non-hydrogen) atoms. The van der Waals surface area contributed by atoms with Crippen molar-refractivity contribution in [3.8, 4) is 0 Å². The highest BCUT2D eigenvalue weighted by Gasteiger charge is 2.35. The van der Waals surface area contributed by atoms with Gasteiger partial charge >= 0.3 is 5.97 Å². The van der Waals surface area contributed by atoms with Crippen LogP contribution in [-0.2, 0) is 4.79 Å². The summed E-state index contributed by atoms with van der Waals surface area (Å²) >= 11 is 0. The second-order valence-electron chi connectivity index (χ2n) is 7.12. The van der Waals surface area contributed by atoms with Crippen molar-refractivity contribution in [2.75, 3.05) is 43.5 Å². The van der Waals surface area contributed by atoms with Crippen molar-refractivity contribution >= 4 is 39.9 Å². The first-order valence-corrected chi connectivity index (χ1v) is 9.00. The number of amides is 2. The molecular formula is C20H21N3O4. The minimum atomic E-state index is -0.937. The average Bonchev–Trinajstić information content (AvgIpc) is 2.76. The van der Waals surface area contributed by atoms with Crippen LogP contribution in [-0.4, -0.2) is 61.5 Å². The smallest absolute Gasteiger partial charge is 0.303 e. The molecule has 0 aromatic heterocycles. The van der Waals surface area contributed by atoms with Gasteiger partial charge in [0.1, 0.15) is 0 Å². The van der Waals surface area contributed by atoms with Crippen LogP contribution < -0.4 is 9.80 Å². The van der Waals surface area contributed by atoms with Crippen LogP contribution in [0.25, 0.3) is 10.8 Å². The molecule has 0 aliphatic carbocycles. The van der Waals surface area contributed by atoms with Crippen LogP contribution in [0.3, 0.4) is 0 Å². The fraction of sp³-hybridized carbons (Fsp3) is 0.350. The zero-order valence-corrected chi connectivity index (χ0v) is 15.4. The quantitative estimate of drug-likeness (QED) is 0.835. The van der Waals surface area contributed by atoms with Crippen LogP contribution in [0.2, 0.25) is 0 Å². The molecule has 0 radical (unpaired) electrons. The summed E-state index contributed by atoms with van der Waals surface area (Å²) in [6, 6.07) is 7.44. The van der Waals surface area contributed by atoms with Crippen molar-refractivity contribution in [2.45, 2.75) is 12.8 Å². The molecule has 2 amide bonds. The molecule has 2 heterocycles. The second kappa shape index (κ2) is 6.26. The Hall–Kier alpha value is -3.09. The normalized spacial score (nSPS) is 16.1. The average molecular weight is 367 g/mol. The predicted octanol–water partition coefficient (Wildman–Crippen LogP) is 2.19. The van der Waals surface area contributed by atoms with Gasteiger partial charge in [0, 0.05) is 73.4 Å². The molecule has 2 aliphatic rings. The Labute approximate surface area is 156 Å². The van der Waals surface area contributed by atoms with Gasteiger partial charge in [0.25, 0.3) is 11.8 Å². The van der Waals surface area contributed by atoms with Crippen molar-refractivity contribution in [1.29, 1.82) is 0 Å². The lowest BCUT2D eigenvalue weighted by Crippen LogP contribution is -2.41. The minimum absolute atomic E-state index is 0.0766. The van der Waals surface area contributed by atoms with Gasteiger partial charge in [-0.1, -0.05) is 0 Å². The molecule has 0 saturated carbocycles. The molecule has 7 heteroatoms. The Kier molecular flexibility index (Phi) is 4.02. The molecule has 0 bridgehead atoms. The third-order valence-electron chi connectivity index (χ3n) is 5.43. The minimum Gasteiger partial charge on any atom is -0.481 e. The van der Waals surface area contributed by atoms with E-state index in [0.717, 1.165) is 29.9 Å². The number of likely N-dealkylation sites (N-methyl/N-ethyl adjacent to an activating group) is 2. The zero-order valence-electron chi connectivity index (χ0n) is 15.4. The Balaban J connectivity index is 1.87. The van der Waals surface area contributed by atoms with Gasteiger partial charge in [-0.15, -0.1) is 0 Å². The largest absolute Gasteiger partial charge is 0.481 e. The number of hydrogen-bond donors (Lipinski definition) is 1. The van der Waals surface area contributed by atoms with E-state index in [2.05, 4.69) is 9.80 Å². The van der Waals surface area contributed by atoms with Crippen LogP contribution in [0.4, 0.5) is 11.4 Å².